The highest BCUT2D eigenvalue weighted by Gasteiger charge is 2.26. The van der Waals surface area contributed by atoms with Crippen LogP contribution < -0.4 is 4.74 Å². The molecule has 1 heterocycles. The molecule has 1 aliphatic rings. The minimum Gasteiger partial charge on any atom is -0.496 e. The Morgan fingerprint density at radius 2 is 2.39 bits per heavy atom. The number of nitrogens with zero attached hydrogens (tertiary/aromatic N) is 2. The number of amides is 1. The van der Waals surface area contributed by atoms with Crippen LogP contribution >= 0.6 is 39.9 Å². The molecule has 0 saturated carbocycles. The topological polar surface area (TPSA) is 41.9 Å². The Balaban J connectivity index is 2.25. The third kappa shape index (κ3) is 2.90. The molecule has 4 nitrogen and oxygen atoms in total. The summed E-state index contributed by atoms with van der Waals surface area (Å²) in [5.74, 6) is 0.939. The van der Waals surface area contributed by atoms with Crippen molar-refractivity contribution in [3.63, 3.8) is 0 Å². The highest BCUT2D eigenvalue weighted by Crippen LogP contribution is 2.23. The molecule has 1 saturated heterocycles. The van der Waals surface area contributed by atoms with E-state index in [-0.39, 0.29) is 5.91 Å². The molecular formula is C11H9BrN2O2S2. The van der Waals surface area contributed by atoms with Crippen LogP contribution in [0.3, 0.4) is 0 Å². The maximum absolute atomic E-state index is 11.5. The van der Waals surface area contributed by atoms with Crippen LogP contribution in [0, 0.1) is 0 Å². The first-order valence-corrected chi connectivity index (χ1v) is 7.17. The second kappa shape index (κ2) is 5.81. The molecule has 2 rings (SSSR count). The van der Waals surface area contributed by atoms with Gasteiger partial charge in [-0.05, 0) is 18.2 Å². The first kappa shape index (κ1) is 13.5. The SMILES string of the molecule is COc1ccc(Br)cc1/C=N/N1C(=O)CSC1=S. The van der Waals surface area contributed by atoms with Crippen molar-refractivity contribution < 1.29 is 9.53 Å². The molecule has 0 bridgehead atoms. The summed E-state index contributed by atoms with van der Waals surface area (Å²) in [4.78, 5) is 11.5. The quantitative estimate of drug-likeness (QED) is 0.624. The minimum atomic E-state index is -0.102. The zero-order valence-electron chi connectivity index (χ0n) is 9.42. The van der Waals surface area contributed by atoms with Gasteiger partial charge in [-0.1, -0.05) is 39.9 Å². The average molecular weight is 345 g/mol. The fourth-order valence-corrected chi connectivity index (χ4v) is 2.73. The molecule has 1 fully saturated rings. The van der Waals surface area contributed by atoms with Gasteiger partial charge >= 0.3 is 0 Å². The molecule has 0 unspecified atom stereocenters. The number of ether oxygens (including phenoxy) is 1. The maximum atomic E-state index is 11.5. The molecule has 94 valence electrons. The van der Waals surface area contributed by atoms with Gasteiger partial charge in [0, 0.05) is 10.0 Å². The molecule has 1 amide bonds. The van der Waals surface area contributed by atoms with Gasteiger partial charge in [0.2, 0.25) is 0 Å². The van der Waals surface area contributed by atoms with Crippen molar-refractivity contribution >= 4 is 56.4 Å². The van der Waals surface area contributed by atoms with E-state index >= 15 is 0 Å². The second-order valence-electron chi connectivity index (χ2n) is 3.39. The first-order valence-electron chi connectivity index (χ1n) is 4.99. The monoisotopic (exact) mass is 344 g/mol. The number of benzene rings is 1. The number of carbonyl (C=O) groups is 1. The minimum absolute atomic E-state index is 0.102. The number of hydrazone groups is 1. The Labute approximate surface area is 123 Å². The Morgan fingerprint density at radius 1 is 1.61 bits per heavy atom. The lowest BCUT2D eigenvalue weighted by Gasteiger charge is -2.08. The fourth-order valence-electron chi connectivity index (χ4n) is 1.39. The van der Waals surface area contributed by atoms with E-state index in [4.69, 9.17) is 17.0 Å². The van der Waals surface area contributed by atoms with Crippen molar-refractivity contribution in [3.8, 4) is 5.75 Å². The van der Waals surface area contributed by atoms with Crippen molar-refractivity contribution in [1.82, 2.24) is 5.01 Å². The summed E-state index contributed by atoms with van der Waals surface area (Å²) in [6.07, 6.45) is 1.57. The van der Waals surface area contributed by atoms with Gasteiger partial charge in [0.1, 0.15) is 5.75 Å². The molecule has 0 aromatic heterocycles. The molecule has 0 N–H and O–H groups in total. The smallest absolute Gasteiger partial charge is 0.259 e. The van der Waals surface area contributed by atoms with Gasteiger partial charge in [-0.15, -0.1) is 0 Å². The van der Waals surface area contributed by atoms with Gasteiger partial charge in [-0.25, -0.2) is 0 Å². The van der Waals surface area contributed by atoms with Crippen LogP contribution in [0.4, 0.5) is 0 Å². The Kier molecular flexibility index (Phi) is 4.36. The number of thioether (sulfide) groups is 1. The van der Waals surface area contributed by atoms with Gasteiger partial charge in [0.25, 0.3) is 5.91 Å². The molecule has 0 aliphatic carbocycles. The number of carbonyl (C=O) groups excluding carboxylic acids is 1. The largest absolute Gasteiger partial charge is 0.496 e. The highest BCUT2D eigenvalue weighted by molar-refractivity contribution is 9.10. The Bertz CT molecular complexity index is 518. The highest BCUT2D eigenvalue weighted by atomic mass is 79.9. The Hall–Kier alpha value is -0.920. The molecule has 1 aromatic carbocycles. The number of hydrogen-bond donors (Lipinski definition) is 0. The molecule has 18 heavy (non-hydrogen) atoms. The summed E-state index contributed by atoms with van der Waals surface area (Å²) in [7, 11) is 1.59. The van der Waals surface area contributed by atoms with Crippen molar-refractivity contribution in [3.05, 3.63) is 28.2 Å². The van der Waals surface area contributed by atoms with E-state index in [0.29, 0.717) is 15.8 Å². The van der Waals surface area contributed by atoms with E-state index in [0.717, 1.165) is 10.0 Å². The first-order chi connectivity index (χ1) is 8.61. The van der Waals surface area contributed by atoms with Crippen LogP contribution in [0.2, 0.25) is 0 Å². The molecule has 0 radical (unpaired) electrons. The van der Waals surface area contributed by atoms with Gasteiger partial charge in [0.05, 0.1) is 19.1 Å². The third-order valence-electron chi connectivity index (χ3n) is 2.23. The van der Waals surface area contributed by atoms with Crippen LogP contribution in [0.1, 0.15) is 5.56 Å². The van der Waals surface area contributed by atoms with Crippen LogP contribution in [0.5, 0.6) is 5.75 Å². The normalized spacial score (nSPS) is 15.8. The lowest BCUT2D eigenvalue weighted by molar-refractivity contribution is -0.123. The number of thiocarbonyl (C=S) groups is 1. The van der Waals surface area contributed by atoms with Crippen LogP contribution in [0.25, 0.3) is 0 Å². The molecular weight excluding hydrogens is 336 g/mol. The molecule has 0 spiro atoms. The summed E-state index contributed by atoms with van der Waals surface area (Å²) in [5.41, 5.74) is 0.777. The van der Waals surface area contributed by atoms with E-state index in [1.165, 1.54) is 16.8 Å². The second-order valence-corrected chi connectivity index (χ2v) is 5.92. The Morgan fingerprint density at radius 3 is 3.00 bits per heavy atom. The summed E-state index contributed by atoms with van der Waals surface area (Å²) in [6.45, 7) is 0. The van der Waals surface area contributed by atoms with Crippen LogP contribution in [0.15, 0.2) is 27.8 Å². The zero-order valence-corrected chi connectivity index (χ0v) is 12.6. The van der Waals surface area contributed by atoms with Crippen LogP contribution in [-0.4, -0.2) is 34.3 Å². The van der Waals surface area contributed by atoms with Gasteiger partial charge in [-0.2, -0.15) is 10.1 Å². The van der Waals surface area contributed by atoms with E-state index in [1.54, 1.807) is 13.3 Å². The van der Waals surface area contributed by atoms with Gasteiger partial charge in [-0.3, -0.25) is 4.79 Å². The van der Waals surface area contributed by atoms with E-state index < -0.39 is 0 Å². The number of hydrogen-bond acceptors (Lipinski definition) is 5. The zero-order chi connectivity index (χ0) is 13.1. The molecule has 1 aliphatic heterocycles. The summed E-state index contributed by atoms with van der Waals surface area (Å²) >= 11 is 9.72. The number of halogens is 1. The van der Waals surface area contributed by atoms with E-state index in [9.17, 15) is 4.79 Å². The van der Waals surface area contributed by atoms with E-state index in [1.807, 2.05) is 18.2 Å². The summed E-state index contributed by atoms with van der Waals surface area (Å²) in [6, 6.07) is 5.56. The molecule has 1 aromatic rings. The lowest BCUT2D eigenvalue weighted by Crippen LogP contribution is -2.22. The summed E-state index contributed by atoms with van der Waals surface area (Å²) in [5, 5.41) is 5.34. The fraction of sp³-hybridized carbons (Fsp3) is 0.182. The molecule has 7 heteroatoms. The number of methoxy groups -OCH3 is 1. The standard InChI is InChI=1S/C11H9BrN2O2S2/c1-16-9-3-2-8(12)4-7(9)5-13-14-10(15)6-18-11(14)17/h2-5H,6H2,1H3/b13-5+. The van der Waals surface area contributed by atoms with Gasteiger partial charge in [0.15, 0.2) is 4.32 Å². The average Bonchev–Trinajstić information content (AvgIpc) is 2.67. The predicted molar refractivity (Wildman–Crippen MR) is 80.2 cm³/mol. The van der Waals surface area contributed by atoms with Crippen molar-refractivity contribution in [2.24, 2.45) is 5.10 Å². The molecule has 0 atom stereocenters. The number of rotatable bonds is 3. The van der Waals surface area contributed by atoms with Gasteiger partial charge < -0.3 is 4.74 Å². The summed E-state index contributed by atoms with van der Waals surface area (Å²) < 4.78 is 6.60. The van der Waals surface area contributed by atoms with Crippen molar-refractivity contribution in [1.29, 1.82) is 0 Å². The van der Waals surface area contributed by atoms with Crippen molar-refractivity contribution in [2.45, 2.75) is 0 Å². The predicted octanol–water partition coefficient (Wildman–Crippen LogP) is 2.65. The maximum Gasteiger partial charge on any atom is 0.259 e. The lowest BCUT2D eigenvalue weighted by atomic mass is 10.2. The van der Waals surface area contributed by atoms with Crippen LogP contribution in [-0.2, 0) is 4.79 Å². The van der Waals surface area contributed by atoms with E-state index in [2.05, 4.69) is 21.0 Å². The third-order valence-corrected chi connectivity index (χ3v) is 4.06. The van der Waals surface area contributed by atoms with Crippen molar-refractivity contribution in [2.75, 3.05) is 12.9 Å².